The first-order valence-electron chi connectivity index (χ1n) is 6.06. The second kappa shape index (κ2) is 4.54. The highest BCUT2D eigenvalue weighted by atomic mass is 16.6. The fraction of sp³-hybridized carbons (Fsp3) is 0.385. The van der Waals surface area contributed by atoms with E-state index in [4.69, 9.17) is 11.2 Å². The summed E-state index contributed by atoms with van der Waals surface area (Å²) in [4.78, 5) is 0. The molecule has 20 heavy (non-hydrogen) atoms. The van der Waals surface area contributed by atoms with Crippen molar-refractivity contribution in [1.82, 2.24) is 15.0 Å². The number of hydrogen-bond acceptors (Lipinski definition) is 6. The number of para-hydroxylation sites is 1. The van der Waals surface area contributed by atoms with Crippen molar-refractivity contribution in [1.29, 1.82) is 0 Å². The molecule has 0 radical (unpaired) electrons. The average Bonchev–Trinajstić information content (AvgIpc) is 3.00. The minimum absolute atomic E-state index is 0.513. The summed E-state index contributed by atoms with van der Waals surface area (Å²) in [6.45, 7) is -0.513. The van der Waals surface area contributed by atoms with Gasteiger partial charge in [-0.3, -0.25) is 0 Å². The number of aliphatic hydroxyl groups is 3. The van der Waals surface area contributed by atoms with Crippen LogP contribution in [0.25, 0.3) is 11.0 Å². The van der Waals surface area contributed by atoms with Gasteiger partial charge < -0.3 is 20.1 Å². The standard InChI is InChI=1S/C13H13N3O4/c1-2-13(19)10(7-17)20-12(11(13)18)16-9-6-4-3-5-8(9)14-15-16/h1,3-6,10-12,17-19H,7H2/t10-,11-,12+,13-/m0/s1. The fourth-order valence-corrected chi connectivity index (χ4v) is 2.38. The van der Waals surface area contributed by atoms with Crippen LogP contribution in [0.15, 0.2) is 24.3 Å². The summed E-state index contributed by atoms with van der Waals surface area (Å²) in [6, 6.07) is 7.12. The summed E-state index contributed by atoms with van der Waals surface area (Å²) >= 11 is 0. The quantitative estimate of drug-likeness (QED) is 0.611. The van der Waals surface area contributed by atoms with Gasteiger partial charge in [0.05, 0.1) is 12.1 Å². The van der Waals surface area contributed by atoms with Gasteiger partial charge in [0.1, 0.15) is 17.7 Å². The van der Waals surface area contributed by atoms with E-state index in [2.05, 4.69) is 16.2 Å². The monoisotopic (exact) mass is 275 g/mol. The molecule has 0 amide bonds. The molecule has 0 bridgehead atoms. The van der Waals surface area contributed by atoms with E-state index in [0.717, 1.165) is 0 Å². The molecule has 3 rings (SSSR count). The summed E-state index contributed by atoms with van der Waals surface area (Å²) < 4.78 is 6.80. The topological polar surface area (TPSA) is 101 Å². The minimum Gasteiger partial charge on any atom is -0.394 e. The van der Waals surface area contributed by atoms with Crippen LogP contribution in [0.1, 0.15) is 6.23 Å². The number of benzene rings is 1. The van der Waals surface area contributed by atoms with Crippen LogP contribution < -0.4 is 0 Å². The summed E-state index contributed by atoms with van der Waals surface area (Å²) in [5.41, 5.74) is -0.707. The van der Waals surface area contributed by atoms with Gasteiger partial charge in [-0.05, 0) is 12.1 Å². The van der Waals surface area contributed by atoms with Crippen LogP contribution >= 0.6 is 0 Å². The van der Waals surface area contributed by atoms with Crippen LogP contribution in [-0.2, 0) is 4.74 Å². The van der Waals surface area contributed by atoms with Crippen molar-refractivity contribution in [3.05, 3.63) is 24.3 Å². The van der Waals surface area contributed by atoms with E-state index in [0.29, 0.717) is 11.0 Å². The normalized spacial score (nSPS) is 33.4. The van der Waals surface area contributed by atoms with E-state index in [1.165, 1.54) is 4.68 Å². The number of terminal acetylenes is 1. The number of aromatic nitrogens is 3. The molecule has 0 saturated carbocycles. The first-order valence-corrected chi connectivity index (χ1v) is 6.06. The maximum atomic E-state index is 10.2. The van der Waals surface area contributed by atoms with Crippen molar-refractivity contribution in [2.24, 2.45) is 0 Å². The molecule has 2 heterocycles. The van der Waals surface area contributed by atoms with E-state index < -0.39 is 30.6 Å². The Labute approximate surface area is 114 Å². The van der Waals surface area contributed by atoms with Crippen molar-refractivity contribution in [2.75, 3.05) is 6.61 Å². The Hall–Kier alpha value is -1.98. The SMILES string of the molecule is C#C[C@]1(O)[C@H](CO)O[C@@H](n2nnc3ccccc32)[C@@H]1O. The van der Waals surface area contributed by atoms with Crippen molar-refractivity contribution in [3.63, 3.8) is 0 Å². The fourth-order valence-electron chi connectivity index (χ4n) is 2.38. The molecule has 3 N–H and O–H groups in total. The zero-order chi connectivity index (χ0) is 14.3. The highest BCUT2D eigenvalue weighted by Crippen LogP contribution is 2.37. The van der Waals surface area contributed by atoms with E-state index >= 15 is 0 Å². The van der Waals surface area contributed by atoms with E-state index in [1.54, 1.807) is 18.2 Å². The molecule has 1 aromatic heterocycles. The Kier molecular flexibility index (Phi) is 2.96. The van der Waals surface area contributed by atoms with Gasteiger partial charge in [0.25, 0.3) is 0 Å². The maximum Gasteiger partial charge on any atom is 0.184 e. The van der Waals surface area contributed by atoms with Crippen LogP contribution in [0, 0.1) is 12.3 Å². The van der Waals surface area contributed by atoms with Gasteiger partial charge in [0, 0.05) is 0 Å². The largest absolute Gasteiger partial charge is 0.394 e. The van der Waals surface area contributed by atoms with E-state index in [-0.39, 0.29) is 0 Å². The van der Waals surface area contributed by atoms with Gasteiger partial charge >= 0.3 is 0 Å². The Morgan fingerprint density at radius 2 is 2.20 bits per heavy atom. The van der Waals surface area contributed by atoms with Gasteiger partial charge in [-0.25, -0.2) is 4.68 Å². The van der Waals surface area contributed by atoms with Crippen LogP contribution in [-0.4, -0.2) is 54.7 Å². The lowest BCUT2D eigenvalue weighted by Gasteiger charge is -2.23. The van der Waals surface area contributed by atoms with Crippen LogP contribution in [0.3, 0.4) is 0 Å². The summed E-state index contributed by atoms with van der Waals surface area (Å²) in [6.07, 6.45) is 1.73. The number of nitrogens with zero attached hydrogens (tertiary/aromatic N) is 3. The first-order chi connectivity index (χ1) is 9.61. The average molecular weight is 275 g/mol. The third-order valence-corrected chi connectivity index (χ3v) is 3.53. The smallest absolute Gasteiger partial charge is 0.184 e. The second-order valence-corrected chi connectivity index (χ2v) is 4.64. The molecule has 1 aliphatic rings. The van der Waals surface area contributed by atoms with Crippen molar-refractivity contribution in [3.8, 4) is 12.3 Å². The lowest BCUT2D eigenvalue weighted by Crippen LogP contribution is -2.47. The van der Waals surface area contributed by atoms with Gasteiger partial charge in [0.15, 0.2) is 11.8 Å². The molecule has 0 aliphatic carbocycles. The predicted molar refractivity (Wildman–Crippen MR) is 68.3 cm³/mol. The van der Waals surface area contributed by atoms with Gasteiger partial charge in [-0.1, -0.05) is 23.3 Å². The molecule has 1 aromatic carbocycles. The summed E-state index contributed by atoms with van der Waals surface area (Å²) in [5.74, 6) is 2.09. The third-order valence-electron chi connectivity index (χ3n) is 3.53. The Bertz CT molecular complexity index is 680. The van der Waals surface area contributed by atoms with E-state index in [1.807, 2.05) is 6.07 Å². The molecule has 2 aromatic rings. The van der Waals surface area contributed by atoms with Crippen LogP contribution in [0.5, 0.6) is 0 Å². The molecule has 7 heteroatoms. The third kappa shape index (κ3) is 1.63. The van der Waals surface area contributed by atoms with Crippen molar-refractivity contribution >= 4 is 11.0 Å². The van der Waals surface area contributed by atoms with Crippen LogP contribution in [0.4, 0.5) is 0 Å². The maximum absolute atomic E-state index is 10.2. The molecular weight excluding hydrogens is 262 g/mol. The lowest BCUT2D eigenvalue weighted by molar-refractivity contribution is -0.0636. The lowest BCUT2D eigenvalue weighted by atomic mass is 9.93. The van der Waals surface area contributed by atoms with Crippen molar-refractivity contribution < 1.29 is 20.1 Å². The predicted octanol–water partition coefficient (Wildman–Crippen LogP) is -0.954. The molecular formula is C13H13N3O4. The van der Waals surface area contributed by atoms with Crippen molar-refractivity contribution in [2.45, 2.75) is 24.0 Å². The Balaban J connectivity index is 2.06. The first kappa shape index (κ1) is 13.0. The molecule has 0 unspecified atom stereocenters. The number of fused-ring (bicyclic) bond motifs is 1. The van der Waals surface area contributed by atoms with Gasteiger partial charge in [-0.2, -0.15) is 0 Å². The highest BCUT2D eigenvalue weighted by molar-refractivity contribution is 5.74. The summed E-state index contributed by atoms with van der Waals surface area (Å²) in [7, 11) is 0. The molecule has 1 saturated heterocycles. The number of aliphatic hydroxyl groups excluding tert-OH is 2. The van der Waals surface area contributed by atoms with Gasteiger partial charge in [-0.15, -0.1) is 11.5 Å². The summed E-state index contributed by atoms with van der Waals surface area (Å²) in [5, 5.41) is 37.6. The molecule has 7 nitrogen and oxygen atoms in total. The molecule has 0 spiro atoms. The second-order valence-electron chi connectivity index (χ2n) is 4.64. The zero-order valence-electron chi connectivity index (χ0n) is 10.4. The van der Waals surface area contributed by atoms with E-state index in [9.17, 15) is 15.3 Å². The number of hydrogen-bond donors (Lipinski definition) is 3. The number of rotatable bonds is 2. The molecule has 1 aliphatic heterocycles. The van der Waals surface area contributed by atoms with Crippen LogP contribution in [0.2, 0.25) is 0 Å². The molecule has 1 fully saturated rings. The highest BCUT2D eigenvalue weighted by Gasteiger charge is 2.55. The number of ether oxygens (including phenoxy) is 1. The Morgan fingerprint density at radius 1 is 1.45 bits per heavy atom. The zero-order valence-corrected chi connectivity index (χ0v) is 10.4. The Morgan fingerprint density at radius 3 is 2.85 bits per heavy atom. The van der Waals surface area contributed by atoms with Gasteiger partial charge in [0.2, 0.25) is 0 Å². The molecule has 4 atom stereocenters. The minimum atomic E-state index is -1.97. The molecule has 104 valence electrons.